The summed E-state index contributed by atoms with van der Waals surface area (Å²) >= 11 is 0. The fourth-order valence-corrected chi connectivity index (χ4v) is 4.30. The molecular formula is C26H30F3N5O. The summed E-state index contributed by atoms with van der Waals surface area (Å²) in [6.45, 7) is 0.698. The fraction of sp³-hybridized carbons (Fsp3) is 0.385. The number of halogens is 3. The average Bonchev–Trinajstić information content (AvgIpc) is 2.82. The standard InChI is InChI=1S/C26H30F3N5O/c1-34(2)24-22-7-3-4-8-23(22)32-25(33-24)31-20-13-11-19(12-14-20)30-17-5-6-18-9-15-21(16-10-18)35-26(27,28)29/h3-10,15-16,19-20,30H,11-14,17H2,1-2H3,(H,31,32,33)/b6-5+/t19-,20+. The number of benzene rings is 2. The summed E-state index contributed by atoms with van der Waals surface area (Å²) in [7, 11) is 3.97. The van der Waals surface area contributed by atoms with E-state index in [4.69, 9.17) is 9.97 Å². The summed E-state index contributed by atoms with van der Waals surface area (Å²) < 4.78 is 40.6. The van der Waals surface area contributed by atoms with Crippen LogP contribution in [0.25, 0.3) is 17.0 Å². The Morgan fingerprint density at radius 2 is 1.66 bits per heavy atom. The molecule has 1 saturated carbocycles. The summed E-state index contributed by atoms with van der Waals surface area (Å²) in [6, 6.07) is 14.6. The minimum absolute atomic E-state index is 0.217. The van der Waals surface area contributed by atoms with E-state index in [9.17, 15) is 13.2 Å². The van der Waals surface area contributed by atoms with Crippen molar-refractivity contribution in [1.29, 1.82) is 0 Å². The molecular weight excluding hydrogens is 455 g/mol. The molecule has 1 aromatic heterocycles. The number of nitrogens with one attached hydrogen (secondary N) is 2. The molecule has 1 fully saturated rings. The van der Waals surface area contributed by atoms with Gasteiger partial charge >= 0.3 is 6.36 Å². The molecule has 3 aromatic rings. The van der Waals surface area contributed by atoms with Crippen LogP contribution < -0.4 is 20.3 Å². The maximum absolute atomic E-state index is 12.2. The topological polar surface area (TPSA) is 62.3 Å². The third-order valence-electron chi connectivity index (χ3n) is 6.02. The predicted molar refractivity (Wildman–Crippen MR) is 134 cm³/mol. The molecule has 0 spiro atoms. The first-order valence-corrected chi connectivity index (χ1v) is 11.7. The van der Waals surface area contributed by atoms with Crippen LogP contribution in [0.4, 0.5) is 24.9 Å². The van der Waals surface area contributed by atoms with Crippen LogP contribution in [0, 0.1) is 0 Å². The van der Waals surface area contributed by atoms with E-state index in [2.05, 4.69) is 15.4 Å². The van der Waals surface area contributed by atoms with E-state index in [1.807, 2.05) is 55.4 Å². The second-order valence-electron chi connectivity index (χ2n) is 8.90. The van der Waals surface area contributed by atoms with Crippen molar-refractivity contribution in [3.63, 3.8) is 0 Å². The van der Waals surface area contributed by atoms with Crippen LogP contribution in [0.3, 0.4) is 0 Å². The number of alkyl halides is 3. The molecule has 0 radical (unpaired) electrons. The molecule has 4 rings (SSSR count). The van der Waals surface area contributed by atoms with Gasteiger partial charge in [-0.3, -0.25) is 0 Å². The van der Waals surface area contributed by atoms with E-state index < -0.39 is 6.36 Å². The maximum Gasteiger partial charge on any atom is 0.573 e. The van der Waals surface area contributed by atoms with E-state index in [0.29, 0.717) is 24.6 Å². The Morgan fingerprint density at radius 3 is 2.34 bits per heavy atom. The summed E-state index contributed by atoms with van der Waals surface area (Å²) in [5.74, 6) is 1.35. The van der Waals surface area contributed by atoms with E-state index in [0.717, 1.165) is 48.0 Å². The highest BCUT2D eigenvalue weighted by atomic mass is 19.4. The third-order valence-corrected chi connectivity index (χ3v) is 6.02. The minimum Gasteiger partial charge on any atom is -0.406 e. The lowest BCUT2D eigenvalue weighted by atomic mass is 9.91. The molecule has 0 unspecified atom stereocenters. The second-order valence-corrected chi connectivity index (χ2v) is 8.90. The molecule has 0 saturated heterocycles. The van der Waals surface area contributed by atoms with Crippen LogP contribution in [0.2, 0.25) is 0 Å². The zero-order valence-corrected chi connectivity index (χ0v) is 19.8. The van der Waals surface area contributed by atoms with Crippen molar-refractivity contribution in [3.8, 4) is 5.75 Å². The predicted octanol–water partition coefficient (Wildman–Crippen LogP) is 5.62. The van der Waals surface area contributed by atoms with Crippen molar-refractivity contribution in [2.75, 3.05) is 30.9 Å². The Bertz CT molecular complexity index is 1140. The van der Waals surface area contributed by atoms with Crippen molar-refractivity contribution in [1.82, 2.24) is 15.3 Å². The second kappa shape index (κ2) is 10.9. The van der Waals surface area contributed by atoms with Gasteiger partial charge in [0.15, 0.2) is 0 Å². The normalized spacial score (nSPS) is 18.7. The van der Waals surface area contributed by atoms with Crippen LogP contribution >= 0.6 is 0 Å². The maximum atomic E-state index is 12.2. The number of rotatable bonds is 8. The molecule has 0 aliphatic heterocycles. The highest BCUT2D eigenvalue weighted by molar-refractivity contribution is 5.90. The summed E-state index contributed by atoms with van der Waals surface area (Å²) in [5, 5.41) is 8.10. The molecule has 9 heteroatoms. The van der Waals surface area contributed by atoms with Crippen molar-refractivity contribution >= 4 is 28.7 Å². The monoisotopic (exact) mass is 485 g/mol. The number of nitrogens with zero attached hydrogens (tertiary/aromatic N) is 3. The third kappa shape index (κ3) is 7.08. The first kappa shape index (κ1) is 24.8. The molecule has 2 aromatic carbocycles. The molecule has 0 amide bonds. The SMILES string of the molecule is CN(C)c1nc(N[C@H]2CC[C@@H](NC/C=C/c3ccc(OC(F)(F)F)cc3)CC2)nc2ccccc12. The van der Waals surface area contributed by atoms with Gasteiger partial charge in [-0.1, -0.05) is 36.4 Å². The van der Waals surface area contributed by atoms with Crippen LogP contribution in [0.15, 0.2) is 54.6 Å². The zero-order valence-electron chi connectivity index (χ0n) is 19.8. The summed E-state index contributed by atoms with van der Waals surface area (Å²) in [5.41, 5.74) is 1.75. The average molecular weight is 486 g/mol. The van der Waals surface area contributed by atoms with Gasteiger partial charge in [-0.15, -0.1) is 13.2 Å². The van der Waals surface area contributed by atoms with Crippen molar-refractivity contribution in [2.24, 2.45) is 0 Å². The van der Waals surface area contributed by atoms with E-state index in [1.165, 1.54) is 12.1 Å². The van der Waals surface area contributed by atoms with Gasteiger partial charge in [0.1, 0.15) is 11.6 Å². The molecule has 1 heterocycles. The molecule has 35 heavy (non-hydrogen) atoms. The molecule has 0 bridgehead atoms. The van der Waals surface area contributed by atoms with Crippen molar-refractivity contribution in [2.45, 2.75) is 44.1 Å². The molecule has 1 aliphatic rings. The number of hydrogen-bond acceptors (Lipinski definition) is 6. The number of hydrogen-bond donors (Lipinski definition) is 2. The van der Waals surface area contributed by atoms with Gasteiger partial charge in [0.2, 0.25) is 5.95 Å². The zero-order chi connectivity index (χ0) is 24.8. The Kier molecular flexibility index (Phi) is 7.75. The van der Waals surface area contributed by atoms with Gasteiger partial charge in [0, 0.05) is 38.1 Å². The van der Waals surface area contributed by atoms with Gasteiger partial charge in [-0.25, -0.2) is 4.98 Å². The van der Waals surface area contributed by atoms with E-state index in [1.54, 1.807) is 12.1 Å². The van der Waals surface area contributed by atoms with Crippen LogP contribution in [-0.4, -0.2) is 49.1 Å². The van der Waals surface area contributed by atoms with Gasteiger partial charge < -0.3 is 20.3 Å². The van der Waals surface area contributed by atoms with Crippen LogP contribution in [0.1, 0.15) is 31.2 Å². The Morgan fingerprint density at radius 1 is 0.971 bits per heavy atom. The van der Waals surface area contributed by atoms with E-state index in [-0.39, 0.29) is 5.75 Å². The number of ether oxygens (including phenoxy) is 1. The Hall–Kier alpha value is -3.33. The number of anilines is 2. The lowest BCUT2D eigenvalue weighted by molar-refractivity contribution is -0.274. The highest BCUT2D eigenvalue weighted by Gasteiger charge is 2.30. The first-order chi connectivity index (χ1) is 16.8. The summed E-state index contributed by atoms with van der Waals surface area (Å²) in [6.07, 6.45) is 3.33. The number of para-hydroxylation sites is 1. The Labute approximate surface area is 203 Å². The minimum atomic E-state index is -4.67. The lowest BCUT2D eigenvalue weighted by Crippen LogP contribution is -2.37. The quantitative estimate of drug-likeness (QED) is 0.432. The van der Waals surface area contributed by atoms with Gasteiger partial charge in [0.25, 0.3) is 0 Å². The number of aromatic nitrogens is 2. The number of fused-ring (bicyclic) bond motifs is 1. The van der Waals surface area contributed by atoms with E-state index >= 15 is 0 Å². The van der Waals surface area contributed by atoms with Crippen molar-refractivity contribution < 1.29 is 17.9 Å². The highest BCUT2D eigenvalue weighted by Crippen LogP contribution is 2.26. The van der Waals surface area contributed by atoms with Gasteiger partial charge in [-0.05, 0) is 55.5 Å². The summed E-state index contributed by atoms with van der Waals surface area (Å²) in [4.78, 5) is 11.5. The van der Waals surface area contributed by atoms with Crippen molar-refractivity contribution in [3.05, 3.63) is 60.2 Å². The van der Waals surface area contributed by atoms with Gasteiger partial charge in [0.05, 0.1) is 5.52 Å². The van der Waals surface area contributed by atoms with Crippen LogP contribution in [0.5, 0.6) is 5.75 Å². The Balaban J connectivity index is 1.23. The molecule has 186 valence electrons. The largest absolute Gasteiger partial charge is 0.573 e. The fourth-order valence-electron chi connectivity index (χ4n) is 4.30. The molecule has 0 atom stereocenters. The molecule has 6 nitrogen and oxygen atoms in total. The first-order valence-electron chi connectivity index (χ1n) is 11.7. The molecule has 2 N–H and O–H groups in total. The molecule has 1 aliphatic carbocycles. The smallest absolute Gasteiger partial charge is 0.406 e. The van der Waals surface area contributed by atoms with Gasteiger partial charge in [-0.2, -0.15) is 4.98 Å². The van der Waals surface area contributed by atoms with Crippen LogP contribution in [-0.2, 0) is 0 Å². The lowest BCUT2D eigenvalue weighted by Gasteiger charge is -2.29.